The lowest BCUT2D eigenvalue weighted by molar-refractivity contribution is 0.648. The van der Waals surface area contributed by atoms with E-state index in [4.69, 9.17) is 0 Å². The molecule has 0 aliphatic heterocycles. The van der Waals surface area contributed by atoms with Crippen molar-refractivity contribution in [2.45, 2.75) is 20.3 Å². The van der Waals surface area contributed by atoms with Crippen molar-refractivity contribution in [2.75, 3.05) is 0 Å². The molecule has 0 aliphatic rings. The third-order valence-electron chi connectivity index (χ3n) is 3.95. The van der Waals surface area contributed by atoms with E-state index in [1.165, 1.54) is 27.8 Å². The fourth-order valence-corrected chi connectivity index (χ4v) is 2.89. The number of rotatable bonds is 4. The van der Waals surface area contributed by atoms with Gasteiger partial charge in [-0.1, -0.05) is 92.7 Å². The van der Waals surface area contributed by atoms with Crippen LogP contribution in [-0.2, 0) is 6.42 Å². The smallest absolute Gasteiger partial charge is 0.0152 e. The maximum Gasteiger partial charge on any atom is -0.0152 e. The second kappa shape index (κ2) is 6.62. The first kappa shape index (κ1) is 14.6. The zero-order valence-electron chi connectivity index (χ0n) is 13.3. The van der Waals surface area contributed by atoms with E-state index in [0.717, 1.165) is 6.42 Å². The standard InChI is InChI=1S/C22H22/c1-17(2)16-21-10-6-7-11-22(21)20-14-12-19(13-15-20)18-8-4-3-5-9-18/h3-15,17H,16H2,1-2H3. The van der Waals surface area contributed by atoms with Crippen LogP contribution in [-0.4, -0.2) is 0 Å². The van der Waals surface area contributed by atoms with Crippen molar-refractivity contribution < 1.29 is 0 Å². The molecule has 3 aromatic carbocycles. The van der Waals surface area contributed by atoms with E-state index < -0.39 is 0 Å². The van der Waals surface area contributed by atoms with Crippen LogP contribution in [0.25, 0.3) is 22.3 Å². The molecule has 0 fully saturated rings. The molecule has 110 valence electrons. The lowest BCUT2D eigenvalue weighted by Crippen LogP contribution is -1.96. The van der Waals surface area contributed by atoms with Crippen molar-refractivity contribution >= 4 is 0 Å². The van der Waals surface area contributed by atoms with Gasteiger partial charge in [0, 0.05) is 0 Å². The van der Waals surface area contributed by atoms with Gasteiger partial charge in [-0.2, -0.15) is 0 Å². The van der Waals surface area contributed by atoms with E-state index in [-0.39, 0.29) is 0 Å². The van der Waals surface area contributed by atoms with Crippen LogP contribution in [0.4, 0.5) is 0 Å². The SMILES string of the molecule is CC(C)Cc1ccccc1-c1ccc(-c2ccccc2)cc1. The van der Waals surface area contributed by atoms with Gasteiger partial charge < -0.3 is 0 Å². The van der Waals surface area contributed by atoms with Crippen molar-refractivity contribution in [3.8, 4) is 22.3 Å². The number of benzene rings is 3. The minimum absolute atomic E-state index is 0.671. The molecule has 0 bridgehead atoms. The van der Waals surface area contributed by atoms with Crippen molar-refractivity contribution in [1.29, 1.82) is 0 Å². The molecule has 3 rings (SSSR count). The molecule has 22 heavy (non-hydrogen) atoms. The number of hydrogen-bond acceptors (Lipinski definition) is 0. The van der Waals surface area contributed by atoms with Gasteiger partial charge in [0.15, 0.2) is 0 Å². The minimum atomic E-state index is 0.671. The van der Waals surface area contributed by atoms with E-state index in [1.807, 2.05) is 0 Å². The van der Waals surface area contributed by atoms with Crippen LogP contribution in [0, 0.1) is 5.92 Å². The van der Waals surface area contributed by atoms with Crippen molar-refractivity contribution in [3.05, 3.63) is 84.4 Å². The summed E-state index contributed by atoms with van der Waals surface area (Å²) in [5.41, 5.74) is 6.63. The van der Waals surface area contributed by atoms with Crippen LogP contribution < -0.4 is 0 Å². The molecule has 3 aromatic rings. The summed E-state index contributed by atoms with van der Waals surface area (Å²) in [6, 6.07) is 28.2. The molecule has 0 heterocycles. The third kappa shape index (κ3) is 3.28. The molecular weight excluding hydrogens is 264 g/mol. The molecule has 0 atom stereocenters. The summed E-state index contributed by atoms with van der Waals surface area (Å²) in [6.07, 6.45) is 1.12. The Morgan fingerprint density at radius 3 is 1.82 bits per heavy atom. The predicted octanol–water partition coefficient (Wildman–Crippen LogP) is 6.22. The average molecular weight is 286 g/mol. The van der Waals surface area contributed by atoms with Crippen molar-refractivity contribution in [3.63, 3.8) is 0 Å². The summed E-state index contributed by atoms with van der Waals surface area (Å²) in [7, 11) is 0. The highest BCUT2D eigenvalue weighted by Crippen LogP contribution is 2.28. The zero-order valence-corrected chi connectivity index (χ0v) is 13.3. The van der Waals surface area contributed by atoms with Crippen LogP contribution in [0.5, 0.6) is 0 Å². The van der Waals surface area contributed by atoms with Crippen LogP contribution in [0.1, 0.15) is 19.4 Å². The highest BCUT2D eigenvalue weighted by atomic mass is 14.1. The lowest BCUT2D eigenvalue weighted by atomic mass is 9.93. The Morgan fingerprint density at radius 1 is 0.591 bits per heavy atom. The van der Waals surface area contributed by atoms with Gasteiger partial charge in [-0.3, -0.25) is 0 Å². The highest BCUT2D eigenvalue weighted by molar-refractivity contribution is 5.72. The fraction of sp³-hybridized carbons (Fsp3) is 0.182. The summed E-state index contributed by atoms with van der Waals surface area (Å²) in [5.74, 6) is 0.671. The molecule has 0 saturated carbocycles. The molecule has 0 aromatic heterocycles. The molecule has 0 aliphatic carbocycles. The first-order chi connectivity index (χ1) is 10.7. The first-order valence-corrected chi connectivity index (χ1v) is 7.98. The Balaban J connectivity index is 1.94. The maximum atomic E-state index is 2.27. The first-order valence-electron chi connectivity index (χ1n) is 7.98. The predicted molar refractivity (Wildman–Crippen MR) is 95.9 cm³/mol. The van der Waals surface area contributed by atoms with Crippen LogP contribution in [0.3, 0.4) is 0 Å². The monoisotopic (exact) mass is 286 g/mol. The summed E-state index contributed by atoms with van der Waals surface area (Å²) in [5, 5.41) is 0. The second-order valence-electron chi connectivity index (χ2n) is 6.20. The average Bonchev–Trinajstić information content (AvgIpc) is 2.56. The topological polar surface area (TPSA) is 0 Å². The number of hydrogen-bond donors (Lipinski definition) is 0. The maximum absolute atomic E-state index is 2.27. The van der Waals surface area contributed by atoms with Gasteiger partial charge >= 0.3 is 0 Å². The van der Waals surface area contributed by atoms with Crippen molar-refractivity contribution in [1.82, 2.24) is 0 Å². The normalized spacial score (nSPS) is 10.9. The van der Waals surface area contributed by atoms with Gasteiger partial charge in [-0.25, -0.2) is 0 Å². The fourth-order valence-electron chi connectivity index (χ4n) is 2.89. The zero-order chi connectivity index (χ0) is 15.4. The molecule has 0 amide bonds. The molecule has 0 radical (unpaired) electrons. The summed E-state index contributed by atoms with van der Waals surface area (Å²) >= 11 is 0. The van der Waals surface area contributed by atoms with Gasteiger partial charge in [-0.05, 0) is 40.2 Å². The highest BCUT2D eigenvalue weighted by Gasteiger charge is 2.06. The third-order valence-corrected chi connectivity index (χ3v) is 3.95. The van der Waals surface area contributed by atoms with Gasteiger partial charge in [0.1, 0.15) is 0 Å². The van der Waals surface area contributed by atoms with Gasteiger partial charge in [0.25, 0.3) is 0 Å². The van der Waals surface area contributed by atoms with E-state index >= 15 is 0 Å². The Labute approximate surface area is 133 Å². The largest absolute Gasteiger partial charge is 0.0625 e. The molecule has 0 unspecified atom stereocenters. The van der Waals surface area contributed by atoms with Gasteiger partial charge in [0.05, 0.1) is 0 Å². The summed E-state index contributed by atoms with van der Waals surface area (Å²) in [6.45, 7) is 4.55. The molecule has 0 nitrogen and oxygen atoms in total. The van der Waals surface area contributed by atoms with E-state index in [9.17, 15) is 0 Å². The summed E-state index contributed by atoms with van der Waals surface area (Å²) in [4.78, 5) is 0. The Kier molecular flexibility index (Phi) is 4.39. The van der Waals surface area contributed by atoms with Crippen LogP contribution in [0.15, 0.2) is 78.9 Å². The van der Waals surface area contributed by atoms with E-state index in [1.54, 1.807) is 0 Å². The molecule has 0 spiro atoms. The lowest BCUT2D eigenvalue weighted by Gasteiger charge is -2.12. The van der Waals surface area contributed by atoms with Crippen molar-refractivity contribution in [2.24, 2.45) is 5.92 Å². The van der Waals surface area contributed by atoms with E-state index in [2.05, 4.69) is 92.7 Å². The molecule has 0 saturated heterocycles. The van der Waals surface area contributed by atoms with E-state index in [0.29, 0.717) is 5.92 Å². The molecule has 0 heteroatoms. The summed E-state index contributed by atoms with van der Waals surface area (Å²) < 4.78 is 0. The van der Waals surface area contributed by atoms with Gasteiger partial charge in [0.2, 0.25) is 0 Å². The van der Waals surface area contributed by atoms with Crippen LogP contribution >= 0.6 is 0 Å². The Bertz CT molecular complexity index is 722. The molecular formula is C22H22. The second-order valence-corrected chi connectivity index (χ2v) is 6.20. The van der Waals surface area contributed by atoms with Crippen LogP contribution in [0.2, 0.25) is 0 Å². The quantitative estimate of drug-likeness (QED) is 0.534. The van der Waals surface area contributed by atoms with Gasteiger partial charge in [-0.15, -0.1) is 0 Å². The Morgan fingerprint density at radius 2 is 1.14 bits per heavy atom. The minimum Gasteiger partial charge on any atom is -0.0625 e. The molecule has 0 N–H and O–H groups in total. The Hall–Kier alpha value is -2.34.